The third kappa shape index (κ3) is 6.31. The SMILES string of the molecule is CCC(=O)c1ccc(C)cc1C(=O)C(C)C.NC(=O)c1cc(C=O)ccc1C=O. The smallest absolute Gasteiger partial charge is 0.249 e. The summed E-state index contributed by atoms with van der Waals surface area (Å²) in [5.74, 6) is -0.722. The number of Topliss-reactive ketones (excluding diaryl/α,β-unsaturated/α-hetero) is 2. The molecule has 0 radical (unpaired) electrons. The van der Waals surface area contributed by atoms with Crippen LogP contribution >= 0.6 is 0 Å². The van der Waals surface area contributed by atoms with Crippen LogP contribution < -0.4 is 5.73 Å². The zero-order chi connectivity index (χ0) is 22.1. The number of nitrogens with two attached hydrogens (primary N) is 1. The lowest BCUT2D eigenvalue weighted by molar-refractivity contribution is 0.0922. The predicted molar refractivity (Wildman–Crippen MR) is 111 cm³/mol. The summed E-state index contributed by atoms with van der Waals surface area (Å²) in [6.45, 7) is 7.44. The number of aryl methyl sites for hydroxylation is 1. The van der Waals surface area contributed by atoms with Gasteiger partial charge >= 0.3 is 0 Å². The average Bonchev–Trinajstić information content (AvgIpc) is 2.72. The standard InChI is InChI=1S/C14H18O2.C9H7NO3/c1-5-13(15)11-7-6-10(4)8-12(11)14(16)9(2)3;10-9(13)8-3-6(4-11)1-2-7(8)5-12/h6-9H,5H2,1-4H3;1-5H,(H2,10,13). The molecule has 0 aliphatic rings. The van der Waals surface area contributed by atoms with Crippen molar-refractivity contribution in [3.05, 3.63) is 69.8 Å². The van der Waals surface area contributed by atoms with E-state index in [1.807, 2.05) is 39.8 Å². The molecule has 152 valence electrons. The van der Waals surface area contributed by atoms with Crippen molar-refractivity contribution in [3.8, 4) is 0 Å². The highest BCUT2D eigenvalue weighted by molar-refractivity contribution is 6.09. The maximum absolute atomic E-state index is 12.0. The fourth-order valence-electron chi connectivity index (χ4n) is 2.57. The lowest BCUT2D eigenvalue weighted by atomic mass is 9.92. The Balaban J connectivity index is 0.000000296. The molecular formula is C23H25NO5. The number of amides is 1. The van der Waals surface area contributed by atoms with Gasteiger partial charge in [0.05, 0.1) is 5.56 Å². The van der Waals surface area contributed by atoms with Crippen LogP contribution in [0.5, 0.6) is 0 Å². The van der Waals surface area contributed by atoms with Crippen LogP contribution in [0.25, 0.3) is 0 Å². The van der Waals surface area contributed by atoms with Crippen molar-refractivity contribution in [2.75, 3.05) is 0 Å². The van der Waals surface area contributed by atoms with Crippen molar-refractivity contribution < 1.29 is 24.0 Å². The average molecular weight is 395 g/mol. The summed E-state index contributed by atoms with van der Waals surface area (Å²) in [5.41, 5.74) is 7.72. The molecule has 6 heteroatoms. The van der Waals surface area contributed by atoms with E-state index in [1.54, 1.807) is 6.07 Å². The molecule has 2 rings (SSSR count). The van der Waals surface area contributed by atoms with E-state index in [2.05, 4.69) is 0 Å². The first-order chi connectivity index (χ1) is 13.7. The van der Waals surface area contributed by atoms with E-state index in [0.29, 0.717) is 35.7 Å². The highest BCUT2D eigenvalue weighted by Gasteiger charge is 2.18. The number of carbonyl (C=O) groups excluding carboxylic acids is 5. The number of hydrogen-bond acceptors (Lipinski definition) is 5. The van der Waals surface area contributed by atoms with Crippen molar-refractivity contribution in [2.24, 2.45) is 11.7 Å². The number of aldehydes is 2. The van der Waals surface area contributed by atoms with E-state index in [-0.39, 0.29) is 28.6 Å². The molecule has 0 saturated carbocycles. The van der Waals surface area contributed by atoms with Crippen LogP contribution in [0, 0.1) is 12.8 Å². The molecule has 0 atom stereocenters. The van der Waals surface area contributed by atoms with Crippen molar-refractivity contribution in [1.82, 2.24) is 0 Å². The third-order valence-corrected chi connectivity index (χ3v) is 4.19. The zero-order valence-electron chi connectivity index (χ0n) is 17.0. The first-order valence-electron chi connectivity index (χ1n) is 9.18. The molecule has 2 N–H and O–H groups in total. The van der Waals surface area contributed by atoms with Gasteiger partial charge in [-0.1, -0.05) is 50.6 Å². The van der Waals surface area contributed by atoms with Gasteiger partial charge in [0.25, 0.3) is 0 Å². The molecule has 0 aliphatic heterocycles. The van der Waals surface area contributed by atoms with Crippen LogP contribution in [0.15, 0.2) is 36.4 Å². The Morgan fingerprint density at radius 1 is 0.931 bits per heavy atom. The number of benzene rings is 2. The van der Waals surface area contributed by atoms with Crippen LogP contribution in [0.3, 0.4) is 0 Å². The Labute approximate surface area is 170 Å². The van der Waals surface area contributed by atoms with Crippen molar-refractivity contribution in [2.45, 2.75) is 34.1 Å². The largest absolute Gasteiger partial charge is 0.366 e. The highest BCUT2D eigenvalue weighted by Crippen LogP contribution is 2.18. The molecule has 2 aromatic carbocycles. The quantitative estimate of drug-likeness (QED) is 0.565. The number of primary amides is 1. The molecular weight excluding hydrogens is 370 g/mol. The maximum Gasteiger partial charge on any atom is 0.249 e. The topological polar surface area (TPSA) is 111 Å². The van der Waals surface area contributed by atoms with Crippen LogP contribution in [0.4, 0.5) is 0 Å². The molecule has 1 amide bonds. The molecule has 0 spiro atoms. The molecule has 0 fully saturated rings. The molecule has 0 unspecified atom stereocenters. The normalized spacial score (nSPS) is 9.97. The Kier molecular flexibility index (Phi) is 8.80. The molecule has 0 saturated heterocycles. The summed E-state index contributed by atoms with van der Waals surface area (Å²) in [5, 5.41) is 0. The predicted octanol–water partition coefficient (Wildman–Crippen LogP) is 3.84. The Morgan fingerprint density at radius 2 is 1.59 bits per heavy atom. The van der Waals surface area contributed by atoms with Crippen LogP contribution in [0.1, 0.15) is 84.5 Å². The van der Waals surface area contributed by atoms with Crippen molar-refractivity contribution in [3.63, 3.8) is 0 Å². The van der Waals surface area contributed by atoms with Crippen LogP contribution in [-0.2, 0) is 0 Å². The minimum absolute atomic E-state index is 0.0315. The Bertz CT molecular complexity index is 944. The molecule has 0 aliphatic carbocycles. The molecule has 0 heterocycles. The summed E-state index contributed by atoms with van der Waals surface area (Å²) in [7, 11) is 0. The summed E-state index contributed by atoms with van der Waals surface area (Å²) in [4.78, 5) is 55.3. The fourth-order valence-corrected chi connectivity index (χ4v) is 2.57. The van der Waals surface area contributed by atoms with Crippen LogP contribution in [-0.4, -0.2) is 30.0 Å². The lowest BCUT2D eigenvalue weighted by Crippen LogP contribution is -2.14. The monoisotopic (exact) mass is 395 g/mol. The second kappa shape index (κ2) is 10.8. The van der Waals surface area contributed by atoms with Gasteiger partial charge < -0.3 is 5.73 Å². The second-order valence-electron chi connectivity index (χ2n) is 6.79. The van der Waals surface area contributed by atoms with Crippen LogP contribution in [0.2, 0.25) is 0 Å². The number of rotatable bonds is 7. The summed E-state index contributed by atoms with van der Waals surface area (Å²) in [6.07, 6.45) is 1.54. The first kappa shape index (κ1) is 23.6. The number of ketones is 2. The van der Waals surface area contributed by atoms with E-state index >= 15 is 0 Å². The van der Waals surface area contributed by atoms with E-state index in [4.69, 9.17) is 5.73 Å². The zero-order valence-corrected chi connectivity index (χ0v) is 17.0. The van der Waals surface area contributed by atoms with E-state index in [0.717, 1.165) is 5.56 Å². The van der Waals surface area contributed by atoms with Gasteiger partial charge in [0.15, 0.2) is 17.9 Å². The molecule has 0 aromatic heterocycles. The summed E-state index contributed by atoms with van der Waals surface area (Å²) < 4.78 is 0. The molecule has 2 aromatic rings. The summed E-state index contributed by atoms with van der Waals surface area (Å²) in [6, 6.07) is 9.57. The molecule has 6 nitrogen and oxygen atoms in total. The Morgan fingerprint density at radius 3 is 2.07 bits per heavy atom. The Hall–Kier alpha value is -3.41. The third-order valence-electron chi connectivity index (χ3n) is 4.19. The van der Waals surface area contributed by atoms with E-state index < -0.39 is 5.91 Å². The number of hydrogen-bond donors (Lipinski definition) is 1. The fraction of sp³-hybridized carbons (Fsp3) is 0.261. The molecule has 29 heavy (non-hydrogen) atoms. The van der Waals surface area contributed by atoms with Crippen molar-refractivity contribution >= 4 is 30.0 Å². The van der Waals surface area contributed by atoms with Gasteiger partial charge in [0.2, 0.25) is 5.91 Å². The van der Waals surface area contributed by atoms with Crippen molar-refractivity contribution in [1.29, 1.82) is 0 Å². The van der Waals surface area contributed by atoms with Gasteiger partial charge in [-0.25, -0.2) is 0 Å². The summed E-state index contributed by atoms with van der Waals surface area (Å²) >= 11 is 0. The highest BCUT2D eigenvalue weighted by atomic mass is 16.1. The second-order valence-corrected chi connectivity index (χ2v) is 6.79. The van der Waals surface area contributed by atoms with Gasteiger partial charge in [0, 0.05) is 34.6 Å². The first-order valence-corrected chi connectivity index (χ1v) is 9.18. The molecule has 0 bridgehead atoms. The van der Waals surface area contributed by atoms with E-state index in [9.17, 15) is 24.0 Å². The van der Waals surface area contributed by atoms with Gasteiger partial charge in [-0.15, -0.1) is 0 Å². The van der Waals surface area contributed by atoms with E-state index in [1.165, 1.54) is 18.2 Å². The minimum Gasteiger partial charge on any atom is -0.366 e. The van der Waals surface area contributed by atoms with Gasteiger partial charge in [0.1, 0.15) is 6.29 Å². The van der Waals surface area contributed by atoms with Gasteiger partial charge in [-0.2, -0.15) is 0 Å². The lowest BCUT2D eigenvalue weighted by Gasteiger charge is -2.10. The van der Waals surface area contributed by atoms with Gasteiger partial charge in [-0.3, -0.25) is 24.0 Å². The maximum atomic E-state index is 12.0. The number of carbonyl (C=O) groups is 5. The minimum atomic E-state index is -0.717. The van der Waals surface area contributed by atoms with Gasteiger partial charge in [-0.05, 0) is 19.1 Å².